The summed E-state index contributed by atoms with van der Waals surface area (Å²) in [5.41, 5.74) is 2.34. The van der Waals surface area contributed by atoms with Crippen molar-refractivity contribution in [3.8, 4) is 17.1 Å². The highest BCUT2D eigenvalue weighted by molar-refractivity contribution is 5.89. The van der Waals surface area contributed by atoms with Crippen molar-refractivity contribution in [2.24, 2.45) is 0 Å². The van der Waals surface area contributed by atoms with E-state index >= 15 is 0 Å². The highest BCUT2D eigenvalue weighted by Gasteiger charge is 2.35. The smallest absolute Gasteiger partial charge is 0.257 e. The monoisotopic (exact) mass is 438 g/mol. The molecule has 0 fully saturated rings. The lowest BCUT2D eigenvalue weighted by Crippen LogP contribution is -2.34. The Balaban J connectivity index is 0.00000141. The summed E-state index contributed by atoms with van der Waals surface area (Å²) < 4.78 is 6.83. The highest BCUT2D eigenvalue weighted by atomic mass is 16.5. The molecule has 0 saturated carbocycles. The van der Waals surface area contributed by atoms with Crippen LogP contribution in [0.5, 0.6) is 5.75 Å². The summed E-state index contributed by atoms with van der Waals surface area (Å²) in [6.45, 7) is 8.05. The zero-order valence-corrected chi connectivity index (χ0v) is 19.2. The van der Waals surface area contributed by atoms with E-state index in [1.807, 2.05) is 20.8 Å². The van der Waals surface area contributed by atoms with Gasteiger partial charge in [-0.3, -0.25) is 9.59 Å². The number of aromatic nitrogens is 2. The number of ether oxygens (including phenoxy) is 1. The molecule has 0 radical (unpaired) electrons. The average molecular weight is 439 g/mol. The maximum atomic E-state index is 13.4. The Hall–Kier alpha value is -3.03. The Kier molecular flexibility index (Phi) is 6.81. The van der Waals surface area contributed by atoms with Gasteiger partial charge in [0.25, 0.3) is 5.56 Å². The van der Waals surface area contributed by atoms with E-state index in [-0.39, 0.29) is 35.5 Å². The predicted molar refractivity (Wildman–Crippen MR) is 124 cm³/mol. The van der Waals surface area contributed by atoms with Crippen molar-refractivity contribution in [2.45, 2.75) is 59.3 Å². The van der Waals surface area contributed by atoms with Crippen molar-refractivity contribution >= 4 is 17.2 Å². The van der Waals surface area contributed by atoms with Crippen LogP contribution in [-0.2, 0) is 34.7 Å². The summed E-state index contributed by atoms with van der Waals surface area (Å²) in [5, 5.41) is 21.7. The molecule has 1 atom stereocenters. The molecule has 1 aliphatic rings. The van der Waals surface area contributed by atoms with Crippen LogP contribution in [0.3, 0.4) is 0 Å². The van der Waals surface area contributed by atoms with E-state index in [9.17, 15) is 19.8 Å². The lowest BCUT2D eigenvalue weighted by molar-refractivity contribution is -0.125. The minimum Gasteiger partial charge on any atom is -0.508 e. The maximum absolute atomic E-state index is 13.4. The molecule has 7 nitrogen and oxygen atoms in total. The largest absolute Gasteiger partial charge is 0.508 e. The number of aryl methyl sites for hydroxylation is 1. The number of carbonyl (C=O) groups excluding carboxylic acids is 1. The van der Waals surface area contributed by atoms with Crippen molar-refractivity contribution in [3.05, 3.63) is 56.9 Å². The molecule has 7 heteroatoms. The van der Waals surface area contributed by atoms with Gasteiger partial charge in [0.1, 0.15) is 11.4 Å². The number of phenols is 1. The molecule has 0 amide bonds. The maximum Gasteiger partial charge on any atom is 0.257 e. The number of carbonyl (C=O) groups is 1. The molecular weight excluding hydrogens is 408 g/mol. The van der Waals surface area contributed by atoms with E-state index in [0.29, 0.717) is 36.2 Å². The van der Waals surface area contributed by atoms with Crippen molar-refractivity contribution in [1.29, 1.82) is 0 Å². The number of pyridine rings is 2. The molecular formula is C25H30N2O5. The summed E-state index contributed by atoms with van der Waals surface area (Å²) in [5.74, 6) is 0.162. The summed E-state index contributed by atoms with van der Waals surface area (Å²) in [7, 11) is 1.47. The summed E-state index contributed by atoms with van der Waals surface area (Å²) in [4.78, 5) is 29.9. The predicted octanol–water partition coefficient (Wildman–Crippen LogP) is 3.66. The number of fused-ring (bicyclic) bond motifs is 4. The minimum atomic E-state index is -1.78. The van der Waals surface area contributed by atoms with E-state index in [4.69, 9.17) is 9.72 Å². The molecule has 0 aliphatic carbocycles. The Morgan fingerprint density at radius 2 is 1.94 bits per heavy atom. The number of aliphatic hydroxyl groups is 1. The fourth-order valence-electron chi connectivity index (χ4n) is 4.35. The molecule has 2 aromatic heterocycles. The molecule has 1 aliphatic heterocycles. The van der Waals surface area contributed by atoms with Crippen LogP contribution in [0.2, 0.25) is 0 Å². The Morgan fingerprint density at radius 1 is 1.22 bits per heavy atom. The molecule has 0 bridgehead atoms. The first kappa shape index (κ1) is 23.6. The summed E-state index contributed by atoms with van der Waals surface area (Å²) in [6.07, 6.45) is 1.31. The van der Waals surface area contributed by atoms with E-state index in [1.165, 1.54) is 7.11 Å². The fourth-order valence-corrected chi connectivity index (χ4v) is 4.35. The van der Waals surface area contributed by atoms with Crippen molar-refractivity contribution < 1.29 is 19.7 Å². The van der Waals surface area contributed by atoms with E-state index in [0.717, 1.165) is 16.5 Å². The Bertz CT molecular complexity index is 1230. The second-order valence-corrected chi connectivity index (χ2v) is 7.61. The number of phenolic OH excluding ortho intramolecular Hbond substituents is 1. The van der Waals surface area contributed by atoms with Gasteiger partial charge in [0.15, 0.2) is 6.29 Å². The van der Waals surface area contributed by atoms with Crippen LogP contribution in [0.15, 0.2) is 29.1 Å². The van der Waals surface area contributed by atoms with Crippen LogP contribution in [0.1, 0.15) is 56.4 Å². The third kappa shape index (κ3) is 3.61. The average Bonchev–Trinajstić information content (AvgIpc) is 3.18. The first-order chi connectivity index (χ1) is 15.4. The van der Waals surface area contributed by atoms with Gasteiger partial charge in [0, 0.05) is 29.2 Å². The van der Waals surface area contributed by atoms with Crippen molar-refractivity contribution in [3.63, 3.8) is 0 Å². The molecule has 32 heavy (non-hydrogen) atoms. The molecule has 4 rings (SSSR count). The van der Waals surface area contributed by atoms with Gasteiger partial charge < -0.3 is 19.5 Å². The van der Waals surface area contributed by atoms with Crippen LogP contribution in [0.25, 0.3) is 22.3 Å². The van der Waals surface area contributed by atoms with Gasteiger partial charge in [0.2, 0.25) is 0 Å². The number of hydrogen-bond donors (Lipinski definition) is 2. The van der Waals surface area contributed by atoms with Crippen LogP contribution < -0.4 is 5.56 Å². The number of aromatic hydroxyl groups is 1. The highest BCUT2D eigenvalue weighted by Crippen LogP contribution is 2.38. The quantitative estimate of drug-likeness (QED) is 0.446. The van der Waals surface area contributed by atoms with Crippen LogP contribution in [0, 0.1) is 0 Å². The Labute approximate surface area is 187 Å². The molecule has 3 aromatic rings. The van der Waals surface area contributed by atoms with Crippen molar-refractivity contribution in [1.82, 2.24) is 9.55 Å². The number of benzene rings is 1. The van der Waals surface area contributed by atoms with Gasteiger partial charge in [-0.05, 0) is 42.7 Å². The number of rotatable bonds is 6. The number of methoxy groups -OCH3 is 1. The third-order valence-electron chi connectivity index (χ3n) is 5.99. The molecule has 170 valence electrons. The SMILES string of the molecule is CC.CCc1c2c(nc3ccc(O)cc13)-c1cc(C(O)(C=O)CC)c(COC)c(=O)n1C2. The lowest BCUT2D eigenvalue weighted by Gasteiger charge is -2.24. The molecule has 0 saturated heterocycles. The first-order valence-corrected chi connectivity index (χ1v) is 11.0. The van der Waals surface area contributed by atoms with Gasteiger partial charge in [-0.1, -0.05) is 27.7 Å². The third-order valence-corrected chi connectivity index (χ3v) is 5.99. The molecule has 0 spiro atoms. The molecule has 3 heterocycles. The zero-order chi connectivity index (χ0) is 23.6. The molecule has 1 unspecified atom stereocenters. The summed E-state index contributed by atoms with van der Waals surface area (Å²) >= 11 is 0. The second kappa shape index (κ2) is 9.22. The van der Waals surface area contributed by atoms with E-state index in [1.54, 1.807) is 35.8 Å². The standard InChI is InChI=1S/C23H24N2O5.C2H6/c1-4-14-15-8-13(27)6-7-19(15)24-21-16(14)10-25-20(21)9-18(23(29,5-2)12-26)17(11-30-3)22(25)28;1-2/h6-9,12,27,29H,4-5,10-11H2,1-3H3;1-2H3. The lowest BCUT2D eigenvalue weighted by atomic mass is 9.89. The van der Waals surface area contributed by atoms with Crippen LogP contribution >= 0.6 is 0 Å². The zero-order valence-electron chi connectivity index (χ0n) is 19.2. The van der Waals surface area contributed by atoms with E-state index < -0.39 is 5.60 Å². The second-order valence-electron chi connectivity index (χ2n) is 7.61. The van der Waals surface area contributed by atoms with E-state index in [2.05, 4.69) is 0 Å². The Morgan fingerprint density at radius 3 is 2.53 bits per heavy atom. The molecule has 1 aromatic carbocycles. The number of hydrogen-bond acceptors (Lipinski definition) is 6. The number of aldehydes is 1. The van der Waals surface area contributed by atoms with Crippen LogP contribution in [-0.4, -0.2) is 33.2 Å². The van der Waals surface area contributed by atoms with Gasteiger partial charge in [0.05, 0.1) is 30.1 Å². The van der Waals surface area contributed by atoms with Gasteiger partial charge in [-0.15, -0.1) is 0 Å². The minimum absolute atomic E-state index is 0.00907. The normalized spacial score (nSPS) is 13.7. The van der Waals surface area contributed by atoms with Crippen molar-refractivity contribution in [2.75, 3.05) is 7.11 Å². The summed E-state index contributed by atoms with van der Waals surface area (Å²) in [6, 6.07) is 6.72. The fraction of sp³-hybridized carbons (Fsp3) is 0.400. The first-order valence-electron chi connectivity index (χ1n) is 11.0. The molecule has 2 N–H and O–H groups in total. The number of nitrogens with zero attached hydrogens (tertiary/aromatic N) is 2. The van der Waals surface area contributed by atoms with Gasteiger partial charge >= 0.3 is 0 Å². The van der Waals surface area contributed by atoms with Crippen LogP contribution in [0.4, 0.5) is 0 Å². The van der Waals surface area contributed by atoms with Gasteiger partial charge in [-0.2, -0.15) is 0 Å². The topological polar surface area (TPSA) is 102 Å². The van der Waals surface area contributed by atoms with Gasteiger partial charge in [-0.25, -0.2) is 4.98 Å².